The topological polar surface area (TPSA) is 112 Å². The highest BCUT2D eigenvalue weighted by atomic mass is 16.5. The second-order valence-corrected chi connectivity index (χ2v) is 5.85. The van der Waals surface area contributed by atoms with Gasteiger partial charge in [-0.3, -0.25) is 0 Å². The SMILES string of the molecule is Cc1noc(C2CCCN(c3ncnc(-n4cccn4)c3N)C2)n1. The number of anilines is 2. The van der Waals surface area contributed by atoms with Gasteiger partial charge in [-0.25, -0.2) is 14.6 Å². The molecular formula is C15H18N8O. The first kappa shape index (κ1) is 14.6. The molecule has 24 heavy (non-hydrogen) atoms. The molecule has 1 atom stereocenters. The Morgan fingerprint density at radius 3 is 2.92 bits per heavy atom. The van der Waals surface area contributed by atoms with Crippen LogP contribution in [0.4, 0.5) is 11.5 Å². The summed E-state index contributed by atoms with van der Waals surface area (Å²) in [7, 11) is 0. The standard InChI is InChI=1S/C15H18N8O/c1-10-20-15(24-21-10)11-4-2-6-22(8-11)13-12(16)14(18-9-17-13)23-7-3-5-19-23/h3,5,7,9,11H,2,4,6,8,16H2,1H3. The van der Waals surface area contributed by atoms with Gasteiger partial charge in [-0.15, -0.1) is 0 Å². The van der Waals surface area contributed by atoms with E-state index in [1.807, 2.05) is 19.2 Å². The number of nitrogen functional groups attached to an aromatic ring is 1. The van der Waals surface area contributed by atoms with Crippen LogP contribution in [0.2, 0.25) is 0 Å². The van der Waals surface area contributed by atoms with Crippen LogP contribution in [-0.4, -0.2) is 43.0 Å². The summed E-state index contributed by atoms with van der Waals surface area (Å²) in [6.45, 7) is 3.44. The van der Waals surface area contributed by atoms with E-state index in [1.165, 1.54) is 6.33 Å². The summed E-state index contributed by atoms with van der Waals surface area (Å²) in [5.41, 5.74) is 6.83. The molecule has 1 unspecified atom stereocenters. The molecular weight excluding hydrogens is 308 g/mol. The van der Waals surface area contributed by atoms with Crippen molar-refractivity contribution in [2.45, 2.75) is 25.7 Å². The monoisotopic (exact) mass is 326 g/mol. The van der Waals surface area contributed by atoms with E-state index in [2.05, 4.69) is 30.1 Å². The Hall–Kier alpha value is -2.97. The van der Waals surface area contributed by atoms with Crippen molar-refractivity contribution in [1.29, 1.82) is 0 Å². The number of nitrogens with zero attached hydrogens (tertiary/aromatic N) is 7. The summed E-state index contributed by atoms with van der Waals surface area (Å²) >= 11 is 0. The Kier molecular flexibility index (Phi) is 3.60. The van der Waals surface area contributed by atoms with Gasteiger partial charge < -0.3 is 15.2 Å². The van der Waals surface area contributed by atoms with Crippen LogP contribution >= 0.6 is 0 Å². The minimum atomic E-state index is 0.183. The zero-order valence-electron chi connectivity index (χ0n) is 13.3. The first-order valence-corrected chi connectivity index (χ1v) is 7.88. The molecule has 1 fully saturated rings. The lowest BCUT2D eigenvalue weighted by atomic mass is 9.98. The zero-order valence-corrected chi connectivity index (χ0v) is 13.3. The molecule has 0 radical (unpaired) electrons. The second-order valence-electron chi connectivity index (χ2n) is 5.85. The van der Waals surface area contributed by atoms with Crippen LogP contribution in [0.5, 0.6) is 0 Å². The van der Waals surface area contributed by atoms with Crippen LogP contribution in [-0.2, 0) is 0 Å². The highest BCUT2D eigenvalue weighted by molar-refractivity contribution is 5.70. The predicted octanol–water partition coefficient (Wildman–Crippen LogP) is 1.32. The van der Waals surface area contributed by atoms with Crippen LogP contribution in [0, 0.1) is 6.92 Å². The summed E-state index contributed by atoms with van der Waals surface area (Å²) < 4.78 is 6.98. The first-order chi connectivity index (χ1) is 11.7. The molecule has 0 amide bonds. The fourth-order valence-corrected chi connectivity index (χ4v) is 3.06. The largest absolute Gasteiger partial charge is 0.393 e. The van der Waals surface area contributed by atoms with Crippen molar-refractivity contribution in [3.8, 4) is 5.82 Å². The number of aryl methyl sites for hydroxylation is 1. The van der Waals surface area contributed by atoms with E-state index in [9.17, 15) is 0 Å². The molecule has 1 saturated heterocycles. The van der Waals surface area contributed by atoms with Gasteiger partial charge >= 0.3 is 0 Å². The molecule has 1 aliphatic heterocycles. The molecule has 0 aliphatic carbocycles. The van der Waals surface area contributed by atoms with Gasteiger partial charge in [0.25, 0.3) is 0 Å². The molecule has 0 aromatic carbocycles. The molecule has 9 heteroatoms. The van der Waals surface area contributed by atoms with Crippen LogP contribution in [0.3, 0.4) is 0 Å². The highest BCUT2D eigenvalue weighted by Gasteiger charge is 2.28. The van der Waals surface area contributed by atoms with Gasteiger partial charge in [-0.2, -0.15) is 10.1 Å². The van der Waals surface area contributed by atoms with E-state index >= 15 is 0 Å². The summed E-state index contributed by atoms with van der Waals surface area (Å²) in [6, 6.07) is 1.83. The van der Waals surface area contributed by atoms with Crippen molar-refractivity contribution in [3.05, 3.63) is 36.5 Å². The molecule has 0 saturated carbocycles. The normalized spacial score (nSPS) is 18.0. The van der Waals surface area contributed by atoms with Gasteiger partial charge in [0.15, 0.2) is 17.5 Å². The third-order valence-electron chi connectivity index (χ3n) is 4.18. The lowest BCUT2D eigenvalue weighted by Gasteiger charge is -2.32. The van der Waals surface area contributed by atoms with Gasteiger partial charge in [-0.05, 0) is 25.8 Å². The molecule has 4 heterocycles. The Morgan fingerprint density at radius 1 is 1.29 bits per heavy atom. The third kappa shape index (κ3) is 2.57. The minimum Gasteiger partial charge on any atom is -0.393 e. The molecule has 3 aromatic heterocycles. The molecule has 9 nitrogen and oxygen atoms in total. The Bertz CT molecular complexity index is 828. The van der Waals surface area contributed by atoms with Gasteiger partial charge in [-0.1, -0.05) is 5.16 Å². The number of nitrogens with two attached hydrogens (primary N) is 1. The maximum absolute atomic E-state index is 6.31. The predicted molar refractivity (Wildman–Crippen MR) is 86.8 cm³/mol. The quantitative estimate of drug-likeness (QED) is 0.767. The van der Waals surface area contributed by atoms with Gasteiger partial charge in [0, 0.05) is 25.5 Å². The number of hydrogen-bond acceptors (Lipinski definition) is 8. The fourth-order valence-electron chi connectivity index (χ4n) is 3.06. The molecule has 0 bridgehead atoms. The van der Waals surface area contributed by atoms with Crippen LogP contribution < -0.4 is 10.6 Å². The Balaban J connectivity index is 1.62. The lowest BCUT2D eigenvalue weighted by molar-refractivity contribution is 0.331. The van der Waals surface area contributed by atoms with E-state index < -0.39 is 0 Å². The van der Waals surface area contributed by atoms with Crippen molar-refractivity contribution in [2.24, 2.45) is 0 Å². The highest BCUT2D eigenvalue weighted by Crippen LogP contribution is 2.32. The van der Waals surface area contributed by atoms with Crippen molar-refractivity contribution in [1.82, 2.24) is 29.9 Å². The van der Waals surface area contributed by atoms with E-state index in [0.717, 1.165) is 31.7 Å². The summed E-state index contributed by atoms with van der Waals surface area (Å²) in [4.78, 5) is 15.2. The Labute approximate surface area is 138 Å². The first-order valence-electron chi connectivity index (χ1n) is 7.88. The number of piperidine rings is 1. The van der Waals surface area contributed by atoms with Crippen LogP contribution in [0.25, 0.3) is 5.82 Å². The summed E-state index contributed by atoms with van der Waals surface area (Å²) in [5.74, 6) is 2.82. The maximum atomic E-state index is 6.31. The number of hydrogen-bond donors (Lipinski definition) is 1. The smallest absolute Gasteiger partial charge is 0.231 e. The van der Waals surface area contributed by atoms with E-state index in [0.29, 0.717) is 23.2 Å². The van der Waals surface area contributed by atoms with Crippen molar-refractivity contribution in [3.63, 3.8) is 0 Å². The van der Waals surface area contributed by atoms with Crippen molar-refractivity contribution >= 4 is 11.5 Å². The lowest BCUT2D eigenvalue weighted by Crippen LogP contribution is -2.35. The molecule has 1 aliphatic rings. The van der Waals surface area contributed by atoms with Crippen LogP contribution in [0.15, 0.2) is 29.3 Å². The number of rotatable bonds is 3. The average Bonchev–Trinajstić information content (AvgIpc) is 3.27. The molecule has 4 rings (SSSR count). The van der Waals surface area contributed by atoms with Crippen LogP contribution in [0.1, 0.15) is 30.5 Å². The van der Waals surface area contributed by atoms with Gasteiger partial charge in [0.05, 0.1) is 5.92 Å². The van der Waals surface area contributed by atoms with Crippen molar-refractivity contribution < 1.29 is 4.52 Å². The summed E-state index contributed by atoms with van der Waals surface area (Å²) in [5, 5.41) is 8.08. The average molecular weight is 326 g/mol. The molecule has 3 aromatic rings. The van der Waals surface area contributed by atoms with E-state index in [1.54, 1.807) is 10.9 Å². The fraction of sp³-hybridized carbons (Fsp3) is 0.400. The third-order valence-corrected chi connectivity index (χ3v) is 4.18. The number of aromatic nitrogens is 6. The van der Waals surface area contributed by atoms with E-state index in [-0.39, 0.29) is 5.92 Å². The van der Waals surface area contributed by atoms with Gasteiger partial charge in [0.1, 0.15) is 12.0 Å². The Morgan fingerprint density at radius 2 is 2.17 bits per heavy atom. The van der Waals surface area contributed by atoms with Crippen molar-refractivity contribution in [2.75, 3.05) is 23.7 Å². The van der Waals surface area contributed by atoms with Gasteiger partial charge in [0.2, 0.25) is 5.89 Å². The molecule has 2 N–H and O–H groups in total. The zero-order chi connectivity index (χ0) is 16.5. The molecule has 0 spiro atoms. The summed E-state index contributed by atoms with van der Waals surface area (Å²) in [6.07, 6.45) is 7.03. The second kappa shape index (κ2) is 5.91. The minimum absolute atomic E-state index is 0.183. The van der Waals surface area contributed by atoms with E-state index in [4.69, 9.17) is 10.3 Å². The molecule has 124 valence electrons. The maximum Gasteiger partial charge on any atom is 0.231 e.